The quantitative estimate of drug-likeness (QED) is 0.801. The van der Waals surface area contributed by atoms with E-state index in [2.05, 4.69) is 5.32 Å². The van der Waals surface area contributed by atoms with Gasteiger partial charge in [0.05, 0.1) is 16.5 Å². The van der Waals surface area contributed by atoms with E-state index in [1.807, 2.05) is 0 Å². The molecule has 7 nitrogen and oxygen atoms in total. The van der Waals surface area contributed by atoms with Crippen molar-refractivity contribution in [3.63, 3.8) is 0 Å². The summed E-state index contributed by atoms with van der Waals surface area (Å²) in [6.45, 7) is 2.81. The minimum absolute atomic E-state index is 0.0199. The topological polar surface area (TPSA) is 86.8 Å². The van der Waals surface area contributed by atoms with Crippen molar-refractivity contribution in [3.05, 3.63) is 23.8 Å². The summed E-state index contributed by atoms with van der Waals surface area (Å²) in [4.78, 5) is 25.6. The molecule has 2 aliphatic heterocycles. The molecule has 0 radical (unpaired) electrons. The minimum atomic E-state index is -3.59. The third-order valence-electron chi connectivity index (χ3n) is 4.81. The number of carbonyl (C=O) groups is 2. The Balaban J connectivity index is 1.75. The molecule has 1 aromatic rings. The van der Waals surface area contributed by atoms with Crippen molar-refractivity contribution in [3.8, 4) is 0 Å². The Kier molecular flexibility index (Phi) is 6.44. The summed E-state index contributed by atoms with van der Waals surface area (Å²) in [5.41, 5.74) is 1.08. The summed E-state index contributed by atoms with van der Waals surface area (Å²) in [5, 5.41) is 2.72. The molecule has 2 fully saturated rings. The second kappa shape index (κ2) is 8.62. The fourth-order valence-corrected chi connectivity index (χ4v) is 5.96. The Hall–Kier alpha value is -1.58. The van der Waals surface area contributed by atoms with E-state index >= 15 is 0 Å². The van der Waals surface area contributed by atoms with Crippen LogP contribution in [-0.4, -0.2) is 60.7 Å². The molecule has 1 N–H and O–H groups in total. The summed E-state index contributed by atoms with van der Waals surface area (Å²) in [7, 11) is -3.59. The van der Waals surface area contributed by atoms with Crippen LogP contribution in [0.1, 0.15) is 31.2 Å². The number of sulfonamides is 1. The molecular formula is C18H25N3O4S2. The number of nitrogens with zero attached hydrogens (tertiary/aromatic N) is 2. The summed E-state index contributed by atoms with van der Waals surface area (Å²) in [5.74, 6) is 0.529. The van der Waals surface area contributed by atoms with E-state index in [1.54, 1.807) is 23.4 Å². The largest absolute Gasteiger partial charge is 0.325 e. The molecule has 2 saturated heterocycles. The van der Waals surface area contributed by atoms with E-state index in [0.717, 1.165) is 25.7 Å². The molecule has 148 valence electrons. The van der Waals surface area contributed by atoms with E-state index in [4.69, 9.17) is 0 Å². The monoisotopic (exact) mass is 411 g/mol. The molecule has 0 saturated carbocycles. The zero-order valence-electron chi connectivity index (χ0n) is 15.4. The number of aryl methyl sites for hydroxylation is 1. The van der Waals surface area contributed by atoms with E-state index in [1.165, 1.54) is 22.7 Å². The van der Waals surface area contributed by atoms with Gasteiger partial charge in [0.25, 0.3) is 0 Å². The Morgan fingerprint density at radius 1 is 1.19 bits per heavy atom. The zero-order chi connectivity index (χ0) is 19.4. The van der Waals surface area contributed by atoms with Crippen molar-refractivity contribution in [1.82, 2.24) is 9.21 Å². The van der Waals surface area contributed by atoms with Crippen molar-refractivity contribution in [2.75, 3.05) is 36.6 Å². The maximum Gasteiger partial charge on any atom is 0.244 e. The maximum absolute atomic E-state index is 13.1. The first kappa shape index (κ1) is 20.2. The van der Waals surface area contributed by atoms with E-state index < -0.39 is 10.0 Å². The van der Waals surface area contributed by atoms with Crippen LogP contribution in [0.15, 0.2) is 23.1 Å². The van der Waals surface area contributed by atoms with Crippen molar-refractivity contribution in [1.29, 1.82) is 0 Å². The third kappa shape index (κ3) is 4.83. The average molecular weight is 412 g/mol. The van der Waals surface area contributed by atoms with E-state index in [-0.39, 0.29) is 23.3 Å². The lowest BCUT2D eigenvalue weighted by Gasteiger charge is -2.21. The lowest BCUT2D eigenvalue weighted by molar-refractivity contribution is -0.130. The van der Waals surface area contributed by atoms with Crippen molar-refractivity contribution < 1.29 is 18.0 Å². The van der Waals surface area contributed by atoms with Crippen molar-refractivity contribution in [2.24, 2.45) is 0 Å². The number of amides is 2. The van der Waals surface area contributed by atoms with Gasteiger partial charge in [0.15, 0.2) is 0 Å². The van der Waals surface area contributed by atoms with Crippen LogP contribution in [0.3, 0.4) is 0 Å². The number of thioether (sulfide) groups is 1. The summed E-state index contributed by atoms with van der Waals surface area (Å²) >= 11 is 1.48. The van der Waals surface area contributed by atoms with Gasteiger partial charge in [0.1, 0.15) is 6.54 Å². The van der Waals surface area contributed by atoms with Crippen LogP contribution in [0.5, 0.6) is 0 Å². The maximum atomic E-state index is 13.1. The molecule has 1 aromatic carbocycles. The van der Waals surface area contributed by atoms with Crippen molar-refractivity contribution >= 4 is 39.3 Å². The van der Waals surface area contributed by atoms with Crippen LogP contribution < -0.4 is 5.32 Å². The number of anilines is 1. The van der Waals surface area contributed by atoms with Crippen LogP contribution in [-0.2, 0) is 19.6 Å². The molecule has 2 aliphatic rings. The van der Waals surface area contributed by atoms with Gasteiger partial charge in [-0.05, 0) is 37.5 Å². The Labute approximate surface area is 164 Å². The first-order valence-electron chi connectivity index (χ1n) is 9.14. The molecule has 0 unspecified atom stereocenters. The second-order valence-corrected chi connectivity index (χ2v) is 9.78. The number of rotatable bonds is 5. The van der Waals surface area contributed by atoms with Gasteiger partial charge in [-0.3, -0.25) is 9.59 Å². The summed E-state index contributed by atoms with van der Waals surface area (Å²) in [6.07, 6.45) is 3.84. The molecule has 0 aromatic heterocycles. The molecule has 3 rings (SSSR count). The first-order valence-corrected chi connectivity index (χ1v) is 11.7. The van der Waals surface area contributed by atoms with E-state index in [0.29, 0.717) is 36.0 Å². The molecule has 0 atom stereocenters. The number of hydrogen-bond acceptors (Lipinski definition) is 5. The van der Waals surface area contributed by atoms with Crippen LogP contribution >= 0.6 is 11.8 Å². The fourth-order valence-electron chi connectivity index (χ4n) is 3.29. The first-order chi connectivity index (χ1) is 12.9. The number of nitrogens with one attached hydrogen (secondary N) is 1. The zero-order valence-corrected chi connectivity index (χ0v) is 17.1. The van der Waals surface area contributed by atoms with Gasteiger partial charge >= 0.3 is 0 Å². The Morgan fingerprint density at radius 3 is 2.52 bits per heavy atom. The lowest BCUT2D eigenvalue weighted by Crippen LogP contribution is -2.34. The third-order valence-corrected chi connectivity index (χ3v) is 7.80. The smallest absolute Gasteiger partial charge is 0.244 e. The van der Waals surface area contributed by atoms with Gasteiger partial charge in [-0.1, -0.05) is 18.9 Å². The van der Waals surface area contributed by atoms with Gasteiger partial charge in [-0.2, -0.15) is 4.31 Å². The average Bonchev–Trinajstić information content (AvgIpc) is 2.87. The molecule has 2 heterocycles. The number of hydrogen-bond donors (Lipinski definition) is 1. The summed E-state index contributed by atoms with van der Waals surface area (Å²) in [6, 6.07) is 4.92. The predicted molar refractivity (Wildman–Crippen MR) is 106 cm³/mol. The molecule has 2 amide bonds. The highest BCUT2D eigenvalue weighted by molar-refractivity contribution is 8.00. The number of carbonyl (C=O) groups excluding carboxylic acids is 2. The number of benzene rings is 1. The fraction of sp³-hybridized carbons (Fsp3) is 0.556. The molecular weight excluding hydrogens is 386 g/mol. The van der Waals surface area contributed by atoms with Gasteiger partial charge in [0, 0.05) is 18.8 Å². The predicted octanol–water partition coefficient (Wildman–Crippen LogP) is 2.03. The lowest BCUT2D eigenvalue weighted by atomic mass is 10.2. The van der Waals surface area contributed by atoms with Gasteiger partial charge in [0.2, 0.25) is 21.8 Å². The Bertz CT molecular complexity index is 818. The highest BCUT2D eigenvalue weighted by Crippen LogP contribution is 2.26. The highest BCUT2D eigenvalue weighted by atomic mass is 32.2. The summed E-state index contributed by atoms with van der Waals surface area (Å²) < 4.78 is 27.7. The van der Waals surface area contributed by atoms with Crippen LogP contribution in [0.25, 0.3) is 0 Å². The molecule has 27 heavy (non-hydrogen) atoms. The minimum Gasteiger partial charge on any atom is -0.325 e. The molecule has 0 spiro atoms. The van der Waals surface area contributed by atoms with Gasteiger partial charge in [-0.15, -0.1) is 11.8 Å². The normalized spacial score (nSPS) is 19.1. The van der Waals surface area contributed by atoms with Crippen LogP contribution in [0.2, 0.25) is 0 Å². The highest BCUT2D eigenvalue weighted by Gasteiger charge is 2.27. The second-order valence-electron chi connectivity index (χ2n) is 6.92. The van der Waals surface area contributed by atoms with Crippen molar-refractivity contribution in [2.45, 2.75) is 37.5 Å². The van der Waals surface area contributed by atoms with Crippen LogP contribution in [0.4, 0.5) is 5.69 Å². The van der Waals surface area contributed by atoms with Gasteiger partial charge < -0.3 is 10.2 Å². The molecule has 0 aliphatic carbocycles. The van der Waals surface area contributed by atoms with E-state index in [9.17, 15) is 18.0 Å². The standard InChI is InChI=1S/C18H25N3O4S2/c1-14-6-7-15(19-17(22)11-20-13-26-12-18(20)23)10-16(14)27(24,25)21-8-4-2-3-5-9-21/h6-7,10H,2-5,8-9,11-13H2,1H3,(H,19,22). The SMILES string of the molecule is Cc1ccc(NC(=O)CN2CSCC2=O)cc1S(=O)(=O)N1CCCCCC1. The Morgan fingerprint density at radius 2 is 1.89 bits per heavy atom. The van der Waals surface area contributed by atoms with Crippen LogP contribution in [0, 0.1) is 6.92 Å². The molecule has 0 bridgehead atoms. The molecule has 9 heteroatoms. The van der Waals surface area contributed by atoms with Gasteiger partial charge in [-0.25, -0.2) is 8.42 Å².